The Bertz CT molecular complexity index is 682. The van der Waals surface area contributed by atoms with E-state index in [9.17, 15) is 14.7 Å². The van der Waals surface area contributed by atoms with Crippen molar-refractivity contribution in [1.82, 2.24) is 5.32 Å². The smallest absolute Gasteiger partial charge is 0.548 e. The molecular weight excluding hydrogens is 285 g/mol. The molecule has 0 fully saturated rings. The molecule has 0 aliphatic rings. The van der Waals surface area contributed by atoms with E-state index >= 15 is 0 Å². The van der Waals surface area contributed by atoms with E-state index in [2.05, 4.69) is 10.1 Å². The molecule has 0 aliphatic carbocycles. The fraction of sp³-hybridized carbons (Fsp3) is 0.286. The maximum absolute atomic E-state index is 11.4. The van der Waals surface area contributed by atoms with Crippen molar-refractivity contribution in [1.29, 1.82) is 0 Å². The minimum Gasteiger partial charge on any atom is -0.548 e. The number of aliphatic carboxylic acids is 1. The summed E-state index contributed by atoms with van der Waals surface area (Å²) < 4.78 is 43.0. The van der Waals surface area contributed by atoms with E-state index in [1.165, 1.54) is 6.92 Å². The summed E-state index contributed by atoms with van der Waals surface area (Å²) in [7, 11) is 0. The van der Waals surface area contributed by atoms with Crippen molar-refractivity contribution < 1.29 is 77.7 Å². The first-order valence-corrected chi connectivity index (χ1v) is 5.51. The molecule has 5 nitrogen and oxygen atoms in total. The van der Waals surface area contributed by atoms with Crippen LogP contribution in [0.25, 0.3) is 0 Å². The summed E-state index contributed by atoms with van der Waals surface area (Å²) in [6, 6.07) is -5.01. The van der Waals surface area contributed by atoms with Crippen LogP contribution in [0, 0.1) is 0 Å². The molecule has 1 aromatic carbocycles. The molecule has 20 heavy (non-hydrogen) atoms. The maximum atomic E-state index is 11.4. The predicted octanol–water partition coefficient (Wildman–Crippen LogP) is -2.46. The second-order valence-electron chi connectivity index (χ2n) is 3.51. The van der Waals surface area contributed by atoms with Gasteiger partial charge < -0.3 is 20.0 Å². The average molecular weight is 306 g/mol. The summed E-state index contributed by atoms with van der Waals surface area (Å²) in [5.41, 5.74) is -0.396. The molecule has 0 bridgehead atoms. The Morgan fingerprint density at radius 3 is 2.55 bits per heavy atom. The number of carboxylic acids is 1. The minimum atomic E-state index is -1.73. The zero-order valence-electron chi connectivity index (χ0n) is 16.5. The molecule has 0 saturated carbocycles. The van der Waals surface area contributed by atoms with Gasteiger partial charge in [0.1, 0.15) is 0 Å². The molecule has 1 atom stereocenters. The molecule has 0 aromatic heterocycles. The van der Waals surface area contributed by atoms with Crippen LogP contribution in [0.4, 0.5) is 0 Å². The molecule has 1 rings (SSSR count). The molecule has 0 spiro atoms. The Labute approximate surface area is 167 Å². The molecule has 0 saturated heterocycles. The second kappa shape index (κ2) is 10.1. The van der Waals surface area contributed by atoms with Crippen LogP contribution < -0.4 is 61.8 Å². The van der Waals surface area contributed by atoms with Crippen LogP contribution in [0.1, 0.15) is 32.3 Å². The molecule has 1 aromatic rings. The molecule has 0 unspecified atom stereocenters. The van der Waals surface area contributed by atoms with Crippen molar-refractivity contribution in [3.05, 3.63) is 47.5 Å². The third-order valence-electron chi connectivity index (χ3n) is 2.04. The average Bonchev–Trinajstić information content (AvgIpc) is 2.50. The van der Waals surface area contributed by atoms with E-state index in [1.807, 2.05) is 0 Å². The molecular formula is C14H16KNO4. The Morgan fingerprint density at radius 1 is 1.45 bits per heavy atom. The number of nitrogens with one attached hydrogen (secondary N) is 1. The molecule has 6 heteroatoms. The first-order chi connectivity index (χ1) is 11.1. The third-order valence-corrected chi connectivity index (χ3v) is 2.04. The second-order valence-corrected chi connectivity index (χ2v) is 3.51. The van der Waals surface area contributed by atoms with Crippen LogP contribution in [0.5, 0.6) is 0 Å². The number of benzene rings is 1. The summed E-state index contributed by atoms with van der Waals surface area (Å²) in [5.74, 6) is -2.41. The Kier molecular flexibility index (Phi) is 6.04. The van der Waals surface area contributed by atoms with Crippen LogP contribution in [0.3, 0.4) is 0 Å². The maximum Gasteiger partial charge on any atom is 1.00 e. The third kappa shape index (κ3) is 6.67. The molecule has 0 amide bonds. The first kappa shape index (κ1) is 11.9. The predicted molar refractivity (Wildman–Crippen MR) is 67.7 cm³/mol. The van der Waals surface area contributed by atoms with Crippen LogP contribution >= 0.6 is 0 Å². The molecule has 102 valence electrons. The van der Waals surface area contributed by atoms with E-state index in [0.29, 0.717) is 0 Å². The van der Waals surface area contributed by atoms with Gasteiger partial charge in [-0.25, -0.2) is 4.79 Å². The topological polar surface area (TPSA) is 78.5 Å². The van der Waals surface area contributed by atoms with Gasteiger partial charge in [-0.2, -0.15) is 0 Å². The van der Waals surface area contributed by atoms with Crippen LogP contribution in [-0.2, 0) is 14.3 Å². The fourth-order valence-corrected chi connectivity index (χ4v) is 1.28. The standard InChI is InChI=1S/C14H17NO4.K/c1-3-19-12(16)9-10(2)15-13(14(17)18)11-7-5-4-6-8-11;/h4-9,13,15H,3H2,1-2H3,(H,17,18);/q;+1/p-1/b10-9+;/t13-;/m1./s1/i4D,5D,6D,7D,8D;. The Hall–Kier alpha value is -0.664. The van der Waals surface area contributed by atoms with Gasteiger partial charge in [-0.15, -0.1) is 0 Å². The molecule has 0 aliphatic heterocycles. The summed E-state index contributed by atoms with van der Waals surface area (Å²) in [4.78, 5) is 22.8. The van der Waals surface area contributed by atoms with Crippen molar-refractivity contribution in [3.63, 3.8) is 0 Å². The quantitative estimate of drug-likeness (QED) is 0.358. The van der Waals surface area contributed by atoms with Gasteiger partial charge in [0, 0.05) is 11.8 Å². The zero-order chi connectivity index (χ0) is 18.6. The van der Waals surface area contributed by atoms with Crippen LogP contribution in [-0.4, -0.2) is 18.5 Å². The number of ether oxygens (including phenoxy) is 1. The van der Waals surface area contributed by atoms with Gasteiger partial charge in [0.25, 0.3) is 0 Å². The fourth-order valence-electron chi connectivity index (χ4n) is 1.28. The normalized spacial score (nSPS) is 15.5. The largest absolute Gasteiger partial charge is 1.00 e. The van der Waals surface area contributed by atoms with Gasteiger partial charge >= 0.3 is 57.4 Å². The minimum absolute atomic E-state index is 0. The van der Waals surface area contributed by atoms with Crippen molar-refractivity contribution in [2.45, 2.75) is 19.9 Å². The SMILES string of the molecule is [2H]c1c([2H])c([2H])c([C@@H](N/C(C)=C/C(=O)OCC)C(=O)[O-])c([2H])c1[2H].[K+]. The van der Waals surface area contributed by atoms with Crippen molar-refractivity contribution in [3.8, 4) is 0 Å². The van der Waals surface area contributed by atoms with E-state index < -0.39 is 53.8 Å². The van der Waals surface area contributed by atoms with Crippen molar-refractivity contribution >= 4 is 11.9 Å². The molecule has 1 N–H and O–H groups in total. The first-order valence-electron chi connectivity index (χ1n) is 8.01. The number of carboxylic acid groups (broad SMARTS) is 1. The molecule has 0 radical (unpaired) electrons. The van der Waals surface area contributed by atoms with E-state index in [1.54, 1.807) is 6.92 Å². The summed E-state index contributed by atoms with van der Waals surface area (Å²) in [5, 5.41) is 13.8. The number of hydrogen-bond acceptors (Lipinski definition) is 5. The number of hydrogen-bond donors (Lipinski definition) is 1. The summed E-state index contributed by atoms with van der Waals surface area (Å²) in [6.45, 7) is 3.11. The van der Waals surface area contributed by atoms with E-state index in [0.717, 1.165) is 6.08 Å². The number of carbonyl (C=O) groups excluding carboxylic acids is 2. The monoisotopic (exact) mass is 306 g/mol. The molecule has 0 heterocycles. The summed E-state index contributed by atoms with van der Waals surface area (Å²) in [6.07, 6.45) is 0.995. The number of esters is 1. The van der Waals surface area contributed by atoms with Gasteiger partial charge in [-0.1, -0.05) is 30.2 Å². The number of carbonyl (C=O) groups is 2. The number of rotatable bonds is 6. The van der Waals surface area contributed by atoms with Crippen molar-refractivity contribution in [2.75, 3.05) is 6.61 Å². The van der Waals surface area contributed by atoms with Crippen LogP contribution in [0.2, 0.25) is 0 Å². The number of allylic oxidation sites excluding steroid dienone is 1. The van der Waals surface area contributed by atoms with Gasteiger partial charge in [-0.3, -0.25) is 0 Å². The van der Waals surface area contributed by atoms with Gasteiger partial charge in [0.2, 0.25) is 0 Å². The van der Waals surface area contributed by atoms with Gasteiger partial charge in [0.05, 0.1) is 25.5 Å². The van der Waals surface area contributed by atoms with Gasteiger partial charge in [0.15, 0.2) is 0 Å². The van der Waals surface area contributed by atoms with Crippen molar-refractivity contribution in [2.24, 2.45) is 0 Å². The Balaban J connectivity index is 0.00000576. The van der Waals surface area contributed by atoms with E-state index in [4.69, 9.17) is 6.85 Å². The van der Waals surface area contributed by atoms with E-state index in [-0.39, 0.29) is 63.7 Å². The zero-order valence-corrected chi connectivity index (χ0v) is 14.6. The Morgan fingerprint density at radius 2 is 2.05 bits per heavy atom. The van der Waals surface area contributed by atoms with Gasteiger partial charge in [-0.05, 0) is 19.4 Å². The summed E-state index contributed by atoms with van der Waals surface area (Å²) >= 11 is 0. The van der Waals surface area contributed by atoms with Crippen LogP contribution in [0.15, 0.2) is 42.0 Å².